The molecule has 1 heterocycles. The summed E-state index contributed by atoms with van der Waals surface area (Å²) in [5, 5.41) is 14.0. The van der Waals surface area contributed by atoms with Gasteiger partial charge in [-0.3, -0.25) is 10.1 Å². The van der Waals surface area contributed by atoms with Gasteiger partial charge in [0.05, 0.1) is 4.92 Å². The van der Waals surface area contributed by atoms with Gasteiger partial charge < -0.3 is 5.32 Å². The monoisotopic (exact) mass is 220 g/mol. The molecule has 1 N–H and O–H groups in total. The van der Waals surface area contributed by atoms with E-state index >= 15 is 0 Å². The summed E-state index contributed by atoms with van der Waals surface area (Å²) in [4.78, 5) is 10.3. The second-order valence-corrected chi connectivity index (χ2v) is 4.29. The fourth-order valence-electron chi connectivity index (χ4n) is 2.15. The summed E-state index contributed by atoms with van der Waals surface area (Å²) < 4.78 is 0. The maximum Gasteiger partial charge on any atom is 0.271 e. The Kier molecular flexibility index (Phi) is 3.08. The lowest BCUT2D eigenvalue weighted by atomic mass is 10.1. The molecule has 0 fully saturated rings. The molecule has 0 aliphatic carbocycles. The molecule has 0 spiro atoms. The highest BCUT2D eigenvalue weighted by atomic mass is 16.6. The lowest BCUT2D eigenvalue weighted by Crippen LogP contribution is -2.14. The van der Waals surface area contributed by atoms with Crippen LogP contribution in [0.25, 0.3) is 0 Å². The van der Waals surface area contributed by atoms with E-state index in [4.69, 9.17) is 0 Å². The molecule has 1 aliphatic rings. The van der Waals surface area contributed by atoms with Crippen LogP contribution < -0.4 is 5.32 Å². The molecule has 86 valence electrons. The molecule has 0 bridgehead atoms. The van der Waals surface area contributed by atoms with Gasteiger partial charge in [0, 0.05) is 23.9 Å². The molecule has 4 heteroatoms. The Hall–Kier alpha value is -1.58. The predicted octanol–water partition coefficient (Wildman–Crippen LogP) is 3.12. The molecule has 1 aromatic rings. The fraction of sp³-hybridized carbons (Fsp3) is 0.500. The SMILES string of the molecule is CCCCC1Cc2ccc([N+](=O)[O-])cc2N1. The normalized spacial score (nSPS) is 17.9. The minimum Gasteiger partial charge on any atom is -0.382 e. The second-order valence-electron chi connectivity index (χ2n) is 4.29. The number of hydrogen-bond donors (Lipinski definition) is 1. The van der Waals surface area contributed by atoms with Gasteiger partial charge in [-0.2, -0.15) is 0 Å². The maximum atomic E-state index is 10.6. The molecule has 0 aromatic heterocycles. The Morgan fingerprint density at radius 2 is 2.38 bits per heavy atom. The molecule has 4 nitrogen and oxygen atoms in total. The topological polar surface area (TPSA) is 55.2 Å². The summed E-state index contributed by atoms with van der Waals surface area (Å²) >= 11 is 0. The van der Waals surface area contributed by atoms with Crippen LogP contribution in [-0.4, -0.2) is 11.0 Å². The fourth-order valence-corrected chi connectivity index (χ4v) is 2.15. The van der Waals surface area contributed by atoms with Crippen molar-refractivity contribution in [1.82, 2.24) is 0 Å². The third kappa shape index (κ3) is 2.15. The third-order valence-corrected chi connectivity index (χ3v) is 3.04. The van der Waals surface area contributed by atoms with E-state index in [0.29, 0.717) is 6.04 Å². The Morgan fingerprint density at radius 3 is 3.06 bits per heavy atom. The van der Waals surface area contributed by atoms with Gasteiger partial charge >= 0.3 is 0 Å². The van der Waals surface area contributed by atoms with Gasteiger partial charge in [-0.05, 0) is 18.4 Å². The van der Waals surface area contributed by atoms with Gasteiger partial charge in [0.15, 0.2) is 0 Å². The number of nitro benzene ring substituents is 1. The average Bonchev–Trinajstić information content (AvgIpc) is 2.67. The molecule has 1 aromatic carbocycles. The molecular weight excluding hydrogens is 204 g/mol. The smallest absolute Gasteiger partial charge is 0.271 e. The van der Waals surface area contributed by atoms with Gasteiger partial charge in [0.25, 0.3) is 5.69 Å². The maximum absolute atomic E-state index is 10.6. The quantitative estimate of drug-likeness (QED) is 0.626. The number of fused-ring (bicyclic) bond motifs is 1. The van der Waals surface area contributed by atoms with E-state index in [-0.39, 0.29) is 10.6 Å². The number of non-ortho nitro benzene ring substituents is 1. The van der Waals surface area contributed by atoms with Crippen molar-refractivity contribution in [3.63, 3.8) is 0 Å². The third-order valence-electron chi connectivity index (χ3n) is 3.04. The van der Waals surface area contributed by atoms with Crippen molar-refractivity contribution in [1.29, 1.82) is 0 Å². The number of nitro groups is 1. The predicted molar refractivity (Wildman–Crippen MR) is 63.7 cm³/mol. The first-order chi connectivity index (χ1) is 7.70. The second kappa shape index (κ2) is 4.51. The largest absolute Gasteiger partial charge is 0.382 e. The van der Waals surface area contributed by atoms with Gasteiger partial charge in [0.1, 0.15) is 0 Å². The Labute approximate surface area is 94.8 Å². The van der Waals surface area contributed by atoms with Crippen molar-refractivity contribution >= 4 is 11.4 Å². The molecule has 16 heavy (non-hydrogen) atoms. The Balaban J connectivity index is 2.09. The highest BCUT2D eigenvalue weighted by molar-refractivity contribution is 5.61. The molecule has 2 rings (SSSR count). The number of nitrogens with zero attached hydrogens (tertiary/aromatic N) is 1. The number of rotatable bonds is 4. The van der Waals surface area contributed by atoms with E-state index in [1.807, 2.05) is 6.07 Å². The zero-order valence-electron chi connectivity index (χ0n) is 9.40. The van der Waals surface area contributed by atoms with E-state index in [2.05, 4.69) is 12.2 Å². The van der Waals surface area contributed by atoms with Crippen LogP contribution in [0.4, 0.5) is 11.4 Å². The zero-order valence-corrected chi connectivity index (χ0v) is 9.40. The average molecular weight is 220 g/mol. The first-order valence-electron chi connectivity index (χ1n) is 5.74. The van der Waals surface area contributed by atoms with E-state index in [1.165, 1.54) is 18.4 Å². The minimum atomic E-state index is -0.346. The summed E-state index contributed by atoms with van der Waals surface area (Å²) in [6.07, 6.45) is 4.52. The van der Waals surface area contributed by atoms with Gasteiger partial charge in [-0.25, -0.2) is 0 Å². The molecular formula is C12H16N2O2. The highest BCUT2D eigenvalue weighted by Crippen LogP contribution is 2.31. The van der Waals surface area contributed by atoms with E-state index in [9.17, 15) is 10.1 Å². The highest BCUT2D eigenvalue weighted by Gasteiger charge is 2.21. The first kappa shape index (κ1) is 10.9. The van der Waals surface area contributed by atoms with Crippen molar-refractivity contribution in [3.05, 3.63) is 33.9 Å². The molecule has 1 unspecified atom stereocenters. The van der Waals surface area contributed by atoms with Crippen molar-refractivity contribution in [3.8, 4) is 0 Å². The Morgan fingerprint density at radius 1 is 1.56 bits per heavy atom. The van der Waals surface area contributed by atoms with Crippen LogP contribution in [0.1, 0.15) is 31.7 Å². The molecule has 0 saturated carbocycles. The van der Waals surface area contributed by atoms with Crippen molar-refractivity contribution < 1.29 is 4.92 Å². The van der Waals surface area contributed by atoms with Crippen LogP contribution >= 0.6 is 0 Å². The number of unbranched alkanes of at least 4 members (excludes halogenated alkanes) is 1. The van der Waals surface area contributed by atoms with Crippen LogP contribution in [0.3, 0.4) is 0 Å². The van der Waals surface area contributed by atoms with Crippen LogP contribution in [0.2, 0.25) is 0 Å². The van der Waals surface area contributed by atoms with Crippen molar-refractivity contribution in [2.45, 2.75) is 38.6 Å². The summed E-state index contributed by atoms with van der Waals surface area (Å²) in [6.45, 7) is 2.17. The summed E-state index contributed by atoms with van der Waals surface area (Å²) in [7, 11) is 0. The summed E-state index contributed by atoms with van der Waals surface area (Å²) in [5.41, 5.74) is 2.31. The minimum absolute atomic E-state index is 0.169. The number of benzene rings is 1. The van der Waals surface area contributed by atoms with Crippen molar-refractivity contribution in [2.75, 3.05) is 5.32 Å². The molecule has 0 saturated heterocycles. The summed E-state index contributed by atoms with van der Waals surface area (Å²) in [6, 6.07) is 5.55. The van der Waals surface area contributed by atoms with Crippen LogP contribution in [0.15, 0.2) is 18.2 Å². The van der Waals surface area contributed by atoms with Gasteiger partial charge in [-0.1, -0.05) is 25.8 Å². The number of anilines is 1. The number of hydrogen-bond acceptors (Lipinski definition) is 3. The lowest BCUT2D eigenvalue weighted by molar-refractivity contribution is -0.384. The van der Waals surface area contributed by atoms with Crippen molar-refractivity contribution in [2.24, 2.45) is 0 Å². The molecule has 1 atom stereocenters. The summed E-state index contributed by atoms with van der Waals surface area (Å²) in [5.74, 6) is 0. The lowest BCUT2D eigenvalue weighted by Gasteiger charge is -2.09. The van der Waals surface area contributed by atoms with Crippen LogP contribution in [0, 0.1) is 10.1 Å². The Bertz CT molecular complexity index is 404. The van der Waals surface area contributed by atoms with Gasteiger partial charge in [-0.15, -0.1) is 0 Å². The van der Waals surface area contributed by atoms with Crippen LogP contribution in [0.5, 0.6) is 0 Å². The van der Waals surface area contributed by atoms with E-state index in [0.717, 1.165) is 18.5 Å². The van der Waals surface area contributed by atoms with Gasteiger partial charge in [0.2, 0.25) is 0 Å². The van der Waals surface area contributed by atoms with E-state index in [1.54, 1.807) is 12.1 Å². The first-order valence-corrected chi connectivity index (χ1v) is 5.74. The van der Waals surface area contributed by atoms with E-state index < -0.39 is 0 Å². The van der Waals surface area contributed by atoms with Crippen LogP contribution in [-0.2, 0) is 6.42 Å². The molecule has 1 aliphatic heterocycles. The standard InChI is InChI=1S/C12H16N2O2/c1-2-3-4-10-7-9-5-6-11(14(15)16)8-12(9)13-10/h5-6,8,10,13H,2-4,7H2,1H3. The molecule has 0 amide bonds. The molecule has 0 radical (unpaired) electrons. The number of nitrogens with one attached hydrogen (secondary N) is 1. The zero-order chi connectivity index (χ0) is 11.5.